The van der Waals surface area contributed by atoms with Crippen molar-refractivity contribution in [1.82, 2.24) is 14.8 Å². The van der Waals surface area contributed by atoms with Gasteiger partial charge >= 0.3 is 12.1 Å². The molecule has 0 spiro atoms. The molecule has 0 saturated heterocycles. The Morgan fingerprint density at radius 3 is 2.31 bits per heavy atom. The molecule has 2 heterocycles. The number of aliphatic hydroxyl groups excluding tert-OH is 1. The van der Waals surface area contributed by atoms with E-state index in [0.717, 1.165) is 36.3 Å². The Hall–Kier alpha value is -5.07. The van der Waals surface area contributed by atoms with E-state index >= 15 is 0 Å². The van der Waals surface area contributed by atoms with Crippen LogP contribution < -0.4 is 4.74 Å². The van der Waals surface area contributed by atoms with E-state index in [4.69, 9.17) is 9.47 Å². The van der Waals surface area contributed by atoms with Crippen molar-refractivity contribution in [1.29, 1.82) is 0 Å². The number of aromatic nitrogens is 1. The third-order valence-electron chi connectivity index (χ3n) is 21.2. The summed E-state index contributed by atoms with van der Waals surface area (Å²) in [5.41, 5.74) is 1.61. The summed E-state index contributed by atoms with van der Waals surface area (Å²) in [5, 5.41) is 23.2. The van der Waals surface area contributed by atoms with Gasteiger partial charge in [0.2, 0.25) is 12.1 Å². The zero-order valence-corrected chi connectivity index (χ0v) is 53.1. The zero-order chi connectivity index (χ0) is 61.0. The second-order valence-corrected chi connectivity index (χ2v) is 29.2. The standard InChI is InChI=1S/C66H92N4O12S2/c1-38-24-26-65(8)44(31-38)33-52(74)56-49-22-21-48(66(49,9)27-25-50(56)65)39(2)18-19-46(73)32-43(62(78)79)15-12-11-13-16-45(72)17-14-28-70(30-29-69(10)55(75)35-64(6,7)57-42(5)58(76)40(3)41(4)59(57)77)63(80)82-47-20-23-51-53(34-47)84-61(67-51)60-68-54(36-83-60)81-37-71/h20,23,34,37-39,43-44,48-50,52,54,56,74H,11-19,21-22,24-33,35-36H2,1-10H3,(H,78,79)/t38-,39-,43?,44+,48-,49+,50+,52+,54?,56+,65+,66-/m1/s1. The third-order valence-corrected chi connectivity index (χ3v) is 23.4. The number of likely N-dealkylation sites (N-methyl/N-ethyl adjacent to an activating group) is 1. The second kappa shape index (κ2) is 27.3. The molecule has 18 heteroatoms. The lowest BCUT2D eigenvalue weighted by Gasteiger charge is -2.62. The van der Waals surface area contributed by atoms with Crippen LogP contribution >= 0.6 is 23.1 Å². The number of carboxylic acids is 1. The number of hydrogen-bond donors (Lipinski definition) is 2. The molecule has 2 unspecified atom stereocenters. The Bertz CT molecular complexity index is 2950. The minimum Gasteiger partial charge on any atom is -0.481 e. The fourth-order valence-electron chi connectivity index (χ4n) is 16.2. The van der Waals surface area contributed by atoms with Gasteiger partial charge in [0.05, 0.1) is 28.0 Å². The SMILES string of the molecule is CC1=C(C)C(=O)C(C(C)(C)CC(=O)N(C)CCN(CCCC(=O)CCCCCC(CC(=O)CC[C@@H](C)[C@H]2CC[C@H]3[C@@H]4[C@@H](O)C[C@@H]5C[C@H](C)CC[C@]5(C)[C@H]4CC[C@]23C)C(=O)O)C(=O)Oc2ccc3nc(C4=NC(OC=O)CS4)sc3c2)=C(C)C1=O. The fourth-order valence-corrected chi connectivity index (χ4v) is 18.2. The van der Waals surface area contributed by atoms with Crippen LogP contribution in [0.2, 0.25) is 0 Å². The number of Topliss-reactive ketones (excluding diaryl/α,β-unsaturated/α-hetero) is 4. The quantitative estimate of drug-likeness (QED) is 0.0482. The molecule has 0 bridgehead atoms. The molecule has 84 heavy (non-hydrogen) atoms. The first-order valence-electron chi connectivity index (χ1n) is 31.1. The first-order chi connectivity index (χ1) is 39.8. The van der Waals surface area contributed by atoms with E-state index in [1.165, 1.54) is 65.0 Å². The van der Waals surface area contributed by atoms with Gasteiger partial charge in [0.1, 0.15) is 27.4 Å². The van der Waals surface area contributed by atoms with Crippen LogP contribution in [0.15, 0.2) is 45.5 Å². The smallest absolute Gasteiger partial charge is 0.415 e. The summed E-state index contributed by atoms with van der Waals surface area (Å²) >= 11 is 2.79. The van der Waals surface area contributed by atoms with Crippen molar-refractivity contribution in [2.24, 2.45) is 68.6 Å². The molecule has 2 amide bonds. The van der Waals surface area contributed by atoms with Crippen LogP contribution in [0, 0.1) is 63.6 Å². The van der Waals surface area contributed by atoms with Crippen molar-refractivity contribution in [2.75, 3.05) is 32.4 Å². The number of benzene rings is 1. The molecular weight excluding hydrogens is 1100 g/mol. The fraction of sp³-hybridized carbons (Fsp3) is 0.697. The van der Waals surface area contributed by atoms with Gasteiger partial charge in [-0.2, -0.15) is 0 Å². The number of ketones is 4. The number of aliphatic carboxylic acids is 1. The van der Waals surface area contributed by atoms with Crippen molar-refractivity contribution in [2.45, 2.75) is 197 Å². The lowest BCUT2D eigenvalue weighted by atomic mass is 9.43. The van der Waals surface area contributed by atoms with Crippen LogP contribution in [0.3, 0.4) is 0 Å². The number of ether oxygens (including phenoxy) is 2. The molecule has 5 aliphatic carbocycles. The number of aliphatic imine (C=N–C) groups is 1. The molecule has 4 saturated carbocycles. The van der Waals surface area contributed by atoms with Gasteiger partial charge in [0.25, 0.3) is 6.47 Å². The van der Waals surface area contributed by atoms with Crippen molar-refractivity contribution in [3.63, 3.8) is 0 Å². The second-order valence-electron chi connectivity index (χ2n) is 27.2. The minimum absolute atomic E-state index is 0.00455. The van der Waals surface area contributed by atoms with Crippen LogP contribution in [-0.2, 0) is 38.3 Å². The Kier molecular flexibility index (Phi) is 21.1. The highest BCUT2D eigenvalue weighted by Gasteiger charge is 2.63. The molecule has 2 N–H and O–H groups in total. The average Bonchev–Trinajstić information content (AvgIpc) is 1.89. The van der Waals surface area contributed by atoms with Gasteiger partial charge in [-0.05, 0) is 156 Å². The summed E-state index contributed by atoms with van der Waals surface area (Å²) < 4.78 is 11.7. The molecular formula is C66H92N4O12S2. The summed E-state index contributed by atoms with van der Waals surface area (Å²) in [6.45, 7) is 18.8. The van der Waals surface area contributed by atoms with E-state index in [0.29, 0.717) is 130 Å². The molecule has 2 aromatic rings. The number of carbonyl (C=O) groups is 8. The number of carbonyl (C=O) groups excluding carboxylic acids is 7. The number of carboxylic acid groups (broad SMARTS) is 1. The van der Waals surface area contributed by atoms with Gasteiger partial charge in [-0.25, -0.2) is 14.8 Å². The molecule has 460 valence electrons. The lowest BCUT2D eigenvalue weighted by molar-refractivity contribution is -0.168. The van der Waals surface area contributed by atoms with Gasteiger partial charge in [-0.15, -0.1) is 11.3 Å². The lowest BCUT2D eigenvalue weighted by Crippen LogP contribution is -2.58. The first-order valence-corrected chi connectivity index (χ1v) is 32.9. The Balaban J connectivity index is 0.796. The number of unbranched alkanes of at least 4 members (excludes halogenated alkanes) is 2. The summed E-state index contributed by atoms with van der Waals surface area (Å²) in [7, 11) is 1.62. The Morgan fingerprint density at radius 1 is 0.857 bits per heavy atom. The molecule has 8 rings (SSSR count). The predicted molar refractivity (Wildman–Crippen MR) is 327 cm³/mol. The summed E-state index contributed by atoms with van der Waals surface area (Å²) in [6.07, 6.45) is 11.9. The topological polar surface area (TPSA) is 227 Å². The van der Waals surface area contributed by atoms with Gasteiger partial charge in [0, 0.05) is 92.6 Å². The van der Waals surface area contributed by atoms with Crippen molar-refractivity contribution >= 4 is 85.9 Å². The normalized spacial score (nSPS) is 28.5. The molecule has 6 aliphatic rings. The molecule has 12 atom stereocenters. The zero-order valence-electron chi connectivity index (χ0n) is 51.4. The first kappa shape index (κ1) is 64.9. The summed E-state index contributed by atoms with van der Waals surface area (Å²) in [4.78, 5) is 116. The van der Waals surface area contributed by atoms with Crippen LogP contribution in [-0.4, -0.2) is 122 Å². The predicted octanol–water partition coefficient (Wildman–Crippen LogP) is 12.4. The number of aliphatic hydroxyl groups is 1. The maximum Gasteiger partial charge on any atom is 0.415 e. The van der Waals surface area contributed by atoms with E-state index in [1.807, 2.05) is 0 Å². The van der Waals surface area contributed by atoms with Crippen LogP contribution in [0.1, 0.15) is 189 Å². The number of hydrogen-bond acceptors (Lipinski definition) is 15. The molecule has 0 radical (unpaired) electrons. The van der Waals surface area contributed by atoms with Crippen molar-refractivity contribution in [3.8, 4) is 5.75 Å². The van der Waals surface area contributed by atoms with Crippen LogP contribution in [0.25, 0.3) is 10.2 Å². The van der Waals surface area contributed by atoms with E-state index in [1.54, 1.807) is 59.9 Å². The van der Waals surface area contributed by atoms with Crippen LogP contribution in [0.4, 0.5) is 4.79 Å². The maximum atomic E-state index is 14.0. The van der Waals surface area contributed by atoms with E-state index in [9.17, 15) is 48.6 Å². The number of nitrogens with zero attached hydrogens (tertiary/aromatic N) is 4. The van der Waals surface area contributed by atoms with Crippen LogP contribution in [0.5, 0.6) is 5.75 Å². The number of thiazole rings is 1. The van der Waals surface area contributed by atoms with Gasteiger partial charge in [-0.1, -0.05) is 72.6 Å². The van der Waals surface area contributed by atoms with Crippen molar-refractivity contribution in [3.05, 3.63) is 45.5 Å². The summed E-state index contributed by atoms with van der Waals surface area (Å²) in [6, 6.07) is 5.08. The number of fused-ring (bicyclic) bond motifs is 6. The molecule has 4 fully saturated rings. The minimum atomic E-state index is -0.967. The van der Waals surface area contributed by atoms with Gasteiger partial charge in [0.15, 0.2) is 11.6 Å². The van der Waals surface area contributed by atoms with Crippen molar-refractivity contribution < 1.29 is 58.0 Å². The van der Waals surface area contributed by atoms with E-state index < -0.39 is 29.6 Å². The molecule has 1 aromatic carbocycles. The Labute approximate surface area is 505 Å². The highest BCUT2D eigenvalue weighted by molar-refractivity contribution is 8.15. The number of rotatable bonds is 27. The van der Waals surface area contributed by atoms with E-state index in [-0.39, 0.29) is 91.6 Å². The van der Waals surface area contributed by atoms with Gasteiger partial charge < -0.3 is 29.5 Å². The Morgan fingerprint density at radius 2 is 1.57 bits per heavy atom. The van der Waals surface area contributed by atoms with E-state index in [2.05, 4.69) is 37.7 Å². The monoisotopic (exact) mass is 1200 g/mol. The largest absolute Gasteiger partial charge is 0.481 e. The highest BCUT2D eigenvalue weighted by Crippen LogP contribution is 2.68. The molecule has 16 nitrogen and oxygen atoms in total. The van der Waals surface area contributed by atoms with Gasteiger partial charge in [-0.3, -0.25) is 33.6 Å². The number of amides is 2. The third kappa shape index (κ3) is 14.3. The summed E-state index contributed by atoms with van der Waals surface area (Å²) in [5.74, 6) is 1.90. The maximum absolute atomic E-state index is 14.0. The molecule has 1 aliphatic heterocycles. The average molecular weight is 1200 g/mol. The molecule has 1 aromatic heterocycles. The highest BCUT2D eigenvalue weighted by atomic mass is 32.2. The number of thioether (sulfide) groups is 1. The number of allylic oxidation sites excluding steroid dienone is 4.